The SMILES string of the molecule is CC(C)C(CN)(CO)Cc1ccc(F)cc1Br. The molecule has 0 spiro atoms. The highest BCUT2D eigenvalue weighted by molar-refractivity contribution is 9.10. The molecule has 96 valence electrons. The summed E-state index contributed by atoms with van der Waals surface area (Å²) in [5, 5.41) is 9.58. The first-order chi connectivity index (χ1) is 7.95. The predicted octanol–water partition coefficient (Wildman–Crippen LogP) is 2.72. The van der Waals surface area contributed by atoms with Crippen molar-refractivity contribution in [1.82, 2.24) is 0 Å². The van der Waals surface area contributed by atoms with Crippen molar-refractivity contribution in [3.05, 3.63) is 34.1 Å². The van der Waals surface area contributed by atoms with E-state index in [1.54, 1.807) is 6.07 Å². The number of nitrogens with two attached hydrogens (primary N) is 1. The minimum atomic E-state index is -0.347. The lowest BCUT2D eigenvalue weighted by molar-refractivity contribution is 0.0841. The molecule has 1 aromatic carbocycles. The van der Waals surface area contributed by atoms with E-state index in [0.717, 1.165) is 10.0 Å². The minimum Gasteiger partial charge on any atom is -0.396 e. The van der Waals surface area contributed by atoms with E-state index < -0.39 is 0 Å². The number of halogens is 2. The Bertz CT molecular complexity index is 378. The van der Waals surface area contributed by atoms with Gasteiger partial charge in [-0.2, -0.15) is 0 Å². The van der Waals surface area contributed by atoms with Gasteiger partial charge in [0.05, 0.1) is 6.61 Å². The molecule has 0 fully saturated rings. The maximum atomic E-state index is 13.0. The molecule has 1 unspecified atom stereocenters. The van der Waals surface area contributed by atoms with Crippen LogP contribution in [0, 0.1) is 17.2 Å². The second-order valence-corrected chi connectivity index (χ2v) is 5.65. The molecule has 0 aliphatic rings. The summed E-state index contributed by atoms with van der Waals surface area (Å²) < 4.78 is 13.7. The van der Waals surface area contributed by atoms with Gasteiger partial charge in [-0.25, -0.2) is 4.39 Å². The van der Waals surface area contributed by atoms with Gasteiger partial charge < -0.3 is 10.8 Å². The quantitative estimate of drug-likeness (QED) is 0.878. The Labute approximate surface area is 110 Å². The second-order valence-electron chi connectivity index (χ2n) is 4.79. The van der Waals surface area contributed by atoms with E-state index in [4.69, 9.17) is 5.73 Å². The zero-order chi connectivity index (χ0) is 13.1. The van der Waals surface area contributed by atoms with Gasteiger partial charge in [0.25, 0.3) is 0 Å². The van der Waals surface area contributed by atoms with Gasteiger partial charge in [0, 0.05) is 16.4 Å². The molecule has 0 amide bonds. The van der Waals surface area contributed by atoms with Crippen molar-refractivity contribution in [2.24, 2.45) is 17.1 Å². The van der Waals surface area contributed by atoms with Crippen LogP contribution in [0.15, 0.2) is 22.7 Å². The topological polar surface area (TPSA) is 46.2 Å². The molecule has 0 bridgehead atoms. The van der Waals surface area contributed by atoms with Crippen LogP contribution in [0.3, 0.4) is 0 Å². The average molecular weight is 304 g/mol. The molecule has 0 aliphatic heterocycles. The number of benzene rings is 1. The van der Waals surface area contributed by atoms with Crippen LogP contribution >= 0.6 is 15.9 Å². The summed E-state index contributed by atoms with van der Waals surface area (Å²) in [6, 6.07) is 4.61. The Kier molecular flexibility index (Phi) is 5.10. The van der Waals surface area contributed by atoms with Crippen molar-refractivity contribution in [1.29, 1.82) is 0 Å². The molecule has 3 N–H and O–H groups in total. The molecule has 0 aromatic heterocycles. The number of hydrogen-bond acceptors (Lipinski definition) is 2. The highest BCUT2D eigenvalue weighted by atomic mass is 79.9. The van der Waals surface area contributed by atoms with Crippen molar-refractivity contribution in [2.75, 3.05) is 13.2 Å². The van der Waals surface area contributed by atoms with E-state index in [2.05, 4.69) is 15.9 Å². The molecule has 17 heavy (non-hydrogen) atoms. The highest BCUT2D eigenvalue weighted by Crippen LogP contribution is 2.33. The van der Waals surface area contributed by atoms with Crippen LogP contribution in [0.25, 0.3) is 0 Å². The molecule has 2 nitrogen and oxygen atoms in total. The molecule has 1 atom stereocenters. The molecule has 0 saturated heterocycles. The monoisotopic (exact) mass is 303 g/mol. The normalized spacial score (nSPS) is 15.0. The number of aliphatic hydroxyl groups excluding tert-OH is 1. The van der Waals surface area contributed by atoms with Gasteiger partial charge in [0.15, 0.2) is 0 Å². The summed E-state index contributed by atoms with van der Waals surface area (Å²) in [6.45, 7) is 4.52. The van der Waals surface area contributed by atoms with E-state index in [9.17, 15) is 9.50 Å². The molecule has 4 heteroatoms. The second kappa shape index (κ2) is 5.94. The first kappa shape index (κ1) is 14.6. The van der Waals surface area contributed by atoms with Gasteiger partial charge in [0.2, 0.25) is 0 Å². The summed E-state index contributed by atoms with van der Waals surface area (Å²) in [5.74, 6) is -0.0121. The van der Waals surface area contributed by atoms with Crippen LogP contribution < -0.4 is 5.73 Å². The third-order valence-corrected chi connectivity index (χ3v) is 4.24. The third-order valence-electron chi connectivity index (χ3n) is 3.50. The van der Waals surface area contributed by atoms with Gasteiger partial charge >= 0.3 is 0 Å². The Hall–Kier alpha value is -0.450. The summed E-state index contributed by atoms with van der Waals surface area (Å²) >= 11 is 3.34. The third kappa shape index (κ3) is 3.27. The van der Waals surface area contributed by atoms with Crippen LogP contribution in [0.2, 0.25) is 0 Å². The first-order valence-electron chi connectivity index (χ1n) is 5.70. The average Bonchev–Trinajstić information content (AvgIpc) is 2.28. The Morgan fingerprint density at radius 2 is 2.12 bits per heavy atom. The smallest absolute Gasteiger partial charge is 0.124 e. The Balaban J connectivity index is 3.01. The highest BCUT2D eigenvalue weighted by Gasteiger charge is 2.32. The maximum absolute atomic E-state index is 13.0. The van der Waals surface area contributed by atoms with E-state index in [0.29, 0.717) is 13.0 Å². The maximum Gasteiger partial charge on any atom is 0.124 e. The lowest BCUT2D eigenvalue weighted by Gasteiger charge is -2.35. The molecular weight excluding hydrogens is 285 g/mol. The zero-order valence-electron chi connectivity index (χ0n) is 10.2. The molecule has 1 rings (SSSR count). The Morgan fingerprint density at radius 1 is 1.47 bits per heavy atom. The first-order valence-corrected chi connectivity index (χ1v) is 6.49. The largest absolute Gasteiger partial charge is 0.396 e. The molecule has 0 saturated carbocycles. The van der Waals surface area contributed by atoms with Gasteiger partial charge in [-0.05, 0) is 30.0 Å². The van der Waals surface area contributed by atoms with Crippen LogP contribution in [-0.4, -0.2) is 18.3 Å². The molecular formula is C13H19BrFNO. The fourth-order valence-electron chi connectivity index (χ4n) is 1.86. The van der Waals surface area contributed by atoms with E-state index in [-0.39, 0.29) is 23.8 Å². The van der Waals surface area contributed by atoms with Gasteiger partial charge in [-0.1, -0.05) is 35.8 Å². The lowest BCUT2D eigenvalue weighted by atomic mass is 9.73. The summed E-state index contributed by atoms with van der Waals surface area (Å²) in [5.41, 5.74) is 6.42. The summed E-state index contributed by atoms with van der Waals surface area (Å²) in [4.78, 5) is 0. The van der Waals surface area contributed by atoms with Gasteiger partial charge in [-0.3, -0.25) is 0 Å². The standard InChI is InChI=1S/C13H19BrFNO/c1-9(2)13(7-16,8-17)6-10-3-4-11(15)5-12(10)14/h3-5,9,17H,6-8,16H2,1-2H3. The van der Waals surface area contributed by atoms with Gasteiger partial charge in [0.1, 0.15) is 5.82 Å². The van der Waals surface area contributed by atoms with E-state index >= 15 is 0 Å². The molecule has 1 aromatic rings. The predicted molar refractivity (Wildman–Crippen MR) is 71.2 cm³/mol. The van der Waals surface area contributed by atoms with Crippen molar-refractivity contribution < 1.29 is 9.50 Å². The van der Waals surface area contributed by atoms with Crippen LogP contribution in [0.1, 0.15) is 19.4 Å². The number of aliphatic hydroxyl groups is 1. The number of rotatable bonds is 5. The van der Waals surface area contributed by atoms with Crippen molar-refractivity contribution in [3.8, 4) is 0 Å². The Morgan fingerprint density at radius 3 is 2.53 bits per heavy atom. The molecule has 0 heterocycles. The van der Waals surface area contributed by atoms with Crippen LogP contribution in [0.5, 0.6) is 0 Å². The fourth-order valence-corrected chi connectivity index (χ4v) is 2.35. The van der Waals surface area contributed by atoms with Crippen molar-refractivity contribution in [3.63, 3.8) is 0 Å². The fraction of sp³-hybridized carbons (Fsp3) is 0.538. The van der Waals surface area contributed by atoms with Crippen molar-refractivity contribution in [2.45, 2.75) is 20.3 Å². The molecule has 0 radical (unpaired) electrons. The zero-order valence-corrected chi connectivity index (χ0v) is 11.8. The lowest BCUT2D eigenvalue weighted by Crippen LogP contribution is -2.41. The van der Waals surface area contributed by atoms with Crippen molar-refractivity contribution >= 4 is 15.9 Å². The van der Waals surface area contributed by atoms with Gasteiger partial charge in [-0.15, -0.1) is 0 Å². The van der Waals surface area contributed by atoms with E-state index in [1.165, 1.54) is 12.1 Å². The molecule has 0 aliphatic carbocycles. The summed E-state index contributed by atoms with van der Waals surface area (Å²) in [6.07, 6.45) is 0.637. The summed E-state index contributed by atoms with van der Waals surface area (Å²) in [7, 11) is 0. The number of hydrogen-bond donors (Lipinski definition) is 2. The minimum absolute atomic E-state index is 0.0327. The van der Waals surface area contributed by atoms with E-state index in [1.807, 2.05) is 13.8 Å². The van der Waals surface area contributed by atoms with Crippen LogP contribution in [0.4, 0.5) is 4.39 Å². The van der Waals surface area contributed by atoms with Crippen LogP contribution in [-0.2, 0) is 6.42 Å².